The van der Waals surface area contributed by atoms with E-state index in [0.29, 0.717) is 0 Å². The molecule has 0 atom stereocenters. The van der Waals surface area contributed by atoms with E-state index in [9.17, 15) is 17.6 Å². The van der Waals surface area contributed by atoms with Gasteiger partial charge < -0.3 is 5.73 Å². The van der Waals surface area contributed by atoms with Gasteiger partial charge in [0.15, 0.2) is 0 Å². The number of nitrogens with one attached hydrogen (secondary N) is 1. The fourth-order valence-corrected chi connectivity index (χ4v) is 1.52. The summed E-state index contributed by atoms with van der Waals surface area (Å²) in [6.07, 6.45) is 0. The topological polar surface area (TPSA) is 89.3 Å². The number of benzene rings is 1. The number of sulfonamides is 1. The van der Waals surface area contributed by atoms with Crippen LogP contribution in [0.4, 0.5) is 10.1 Å². The predicted molar refractivity (Wildman–Crippen MR) is 57.7 cm³/mol. The van der Waals surface area contributed by atoms with Crippen LogP contribution in [0.2, 0.25) is 0 Å². The van der Waals surface area contributed by atoms with Gasteiger partial charge in [-0.3, -0.25) is 4.79 Å². The molecule has 0 aliphatic carbocycles. The second-order valence-corrected chi connectivity index (χ2v) is 5.08. The highest BCUT2D eigenvalue weighted by molar-refractivity contribution is 7.90. The van der Waals surface area contributed by atoms with Gasteiger partial charge in [0, 0.05) is 5.69 Å². The number of rotatable bonds is 3. The zero-order chi connectivity index (χ0) is 12.3. The van der Waals surface area contributed by atoms with Crippen molar-refractivity contribution in [1.29, 1.82) is 0 Å². The molecule has 0 saturated carbocycles. The van der Waals surface area contributed by atoms with Gasteiger partial charge in [-0.15, -0.1) is 0 Å². The Labute approximate surface area is 92.5 Å². The number of carbonyl (C=O) groups excluding carboxylic acids is 1. The van der Waals surface area contributed by atoms with E-state index in [2.05, 4.69) is 0 Å². The average molecular weight is 246 g/mol. The number of halogens is 1. The number of hydrogen-bond acceptors (Lipinski definition) is 4. The first kappa shape index (κ1) is 12.4. The van der Waals surface area contributed by atoms with Crippen LogP contribution in [-0.4, -0.2) is 20.1 Å². The summed E-state index contributed by atoms with van der Waals surface area (Å²) in [6.45, 7) is 1.37. The van der Waals surface area contributed by atoms with Crippen LogP contribution in [-0.2, 0) is 10.0 Å². The Morgan fingerprint density at radius 1 is 1.50 bits per heavy atom. The maximum Gasteiger partial charge on any atom is 0.267 e. The van der Waals surface area contributed by atoms with Crippen LogP contribution in [0, 0.1) is 5.82 Å². The molecule has 1 amide bonds. The number of hydrogen-bond donors (Lipinski definition) is 2. The second kappa shape index (κ2) is 4.48. The molecule has 0 unspecified atom stereocenters. The van der Waals surface area contributed by atoms with Crippen molar-refractivity contribution in [3.63, 3.8) is 0 Å². The largest absolute Gasteiger partial charge is 0.399 e. The summed E-state index contributed by atoms with van der Waals surface area (Å²) in [5, 5.41) is 0. The first-order chi connectivity index (χ1) is 7.35. The van der Waals surface area contributed by atoms with Gasteiger partial charge in [-0.2, -0.15) is 0 Å². The number of nitrogen functional groups attached to an aromatic ring is 1. The molecule has 0 fully saturated rings. The lowest BCUT2D eigenvalue weighted by Gasteiger charge is -2.05. The van der Waals surface area contributed by atoms with Crippen molar-refractivity contribution < 1.29 is 17.6 Å². The van der Waals surface area contributed by atoms with Crippen molar-refractivity contribution in [3.8, 4) is 0 Å². The van der Waals surface area contributed by atoms with E-state index in [4.69, 9.17) is 5.73 Å². The Bertz CT molecular complexity index is 513. The zero-order valence-corrected chi connectivity index (χ0v) is 9.34. The van der Waals surface area contributed by atoms with Crippen LogP contribution in [0.15, 0.2) is 18.2 Å². The van der Waals surface area contributed by atoms with Crippen LogP contribution < -0.4 is 10.5 Å². The molecule has 0 bridgehead atoms. The van der Waals surface area contributed by atoms with Crippen molar-refractivity contribution in [3.05, 3.63) is 29.6 Å². The lowest BCUT2D eigenvalue weighted by Crippen LogP contribution is -2.32. The molecule has 0 aliphatic rings. The summed E-state index contributed by atoms with van der Waals surface area (Å²) < 4.78 is 37.1. The molecule has 5 nitrogen and oxygen atoms in total. The van der Waals surface area contributed by atoms with Gasteiger partial charge in [-0.25, -0.2) is 17.5 Å². The Morgan fingerprint density at radius 2 is 2.12 bits per heavy atom. The van der Waals surface area contributed by atoms with E-state index in [-0.39, 0.29) is 17.0 Å². The molecule has 0 spiro atoms. The Balaban J connectivity index is 2.98. The molecule has 0 aliphatic heterocycles. The minimum absolute atomic E-state index is 0.160. The summed E-state index contributed by atoms with van der Waals surface area (Å²) in [5.74, 6) is -2.11. The highest BCUT2D eigenvalue weighted by Gasteiger charge is 2.17. The molecule has 1 aromatic rings. The van der Waals surface area contributed by atoms with Crippen LogP contribution in [0.5, 0.6) is 0 Å². The maximum absolute atomic E-state index is 13.2. The summed E-state index contributed by atoms with van der Waals surface area (Å²) in [7, 11) is -3.69. The molecule has 3 N–H and O–H groups in total. The third kappa shape index (κ3) is 2.93. The van der Waals surface area contributed by atoms with Gasteiger partial charge in [0.05, 0.1) is 11.3 Å². The lowest BCUT2D eigenvalue weighted by molar-refractivity contribution is 0.0977. The monoisotopic (exact) mass is 246 g/mol. The molecule has 16 heavy (non-hydrogen) atoms. The van der Waals surface area contributed by atoms with Gasteiger partial charge in [0.2, 0.25) is 10.0 Å². The van der Waals surface area contributed by atoms with E-state index in [0.717, 1.165) is 12.1 Å². The second-order valence-electron chi connectivity index (χ2n) is 3.07. The molecule has 1 rings (SSSR count). The van der Waals surface area contributed by atoms with Crippen molar-refractivity contribution >= 4 is 21.6 Å². The third-order valence-corrected chi connectivity index (χ3v) is 3.12. The first-order valence-electron chi connectivity index (χ1n) is 4.45. The van der Waals surface area contributed by atoms with Crippen molar-refractivity contribution in [2.75, 3.05) is 11.5 Å². The lowest BCUT2D eigenvalue weighted by atomic mass is 10.2. The van der Waals surface area contributed by atoms with Crippen LogP contribution >= 0.6 is 0 Å². The van der Waals surface area contributed by atoms with E-state index in [1.165, 1.54) is 13.0 Å². The highest BCUT2D eigenvalue weighted by Crippen LogP contribution is 2.11. The van der Waals surface area contributed by atoms with Gasteiger partial charge in [-0.1, -0.05) is 0 Å². The molecular weight excluding hydrogens is 235 g/mol. The predicted octanol–water partition coefficient (Wildman–Crippen LogP) is 0.487. The van der Waals surface area contributed by atoms with E-state index < -0.39 is 21.7 Å². The summed E-state index contributed by atoms with van der Waals surface area (Å²) in [6, 6.07) is 3.40. The molecular formula is C9H11FN2O3S. The van der Waals surface area contributed by atoms with Crippen LogP contribution in [0.1, 0.15) is 17.3 Å². The van der Waals surface area contributed by atoms with Gasteiger partial charge in [0.25, 0.3) is 5.91 Å². The standard InChI is InChI=1S/C9H11FN2O3S/c1-2-16(14,15)12-9(13)7-4-3-6(11)5-8(7)10/h3-5H,2,11H2,1H3,(H,12,13). The first-order valence-corrected chi connectivity index (χ1v) is 6.11. The Kier molecular flexibility index (Phi) is 3.48. The summed E-state index contributed by atoms with van der Waals surface area (Å²) in [5.41, 5.74) is 5.10. The molecule has 1 aromatic carbocycles. The minimum Gasteiger partial charge on any atom is -0.399 e. The Hall–Kier alpha value is -1.63. The van der Waals surface area contributed by atoms with Gasteiger partial charge in [0.1, 0.15) is 5.82 Å². The van der Waals surface area contributed by atoms with Crippen molar-refractivity contribution in [2.24, 2.45) is 0 Å². The Morgan fingerprint density at radius 3 is 2.62 bits per heavy atom. The molecule has 0 aromatic heterocycles. The molecule has 0 saturated heterocycles. The average Bonchev–Trinajstić information content (AvgIpc) is 2.16. The number of amides is 1. The smallest absolute Gasteiger partial charge is 0.267 e. The molecule has 7 heteroatoms. The van der Waals surface area contributed by atoms with Gasteiger partial charge in [-0.05, 0) is 25.1 Å². The SMILES string of the molecule is CCS(=O)(=O)NC(=O)c1ccc(N)cc1F. The number of anilines is 1. The van der Waals surface area contributed by atoms with E-state index in [1.807, 2.05) is 0 Å². The maximum atomic E-state index is 13.2. The zero-order valence-electron chi connectivity index (χ0n) is 8.53. The van der Waals surface area contributed by atoms with Crippen LogP contribution in [0.25, 0.3) is 0 Å². The van der Waals surface area contributed by atoms with Crippen molar-refractivity contribution in [2.45, 2.75) is 6.92 Å². The van der Waals surface area contributed by atoms with Crippen LogP contribution in [0.3, 0.4) is 0 Å². The fraction of sp³-hybridized carbons (Fsp3) is 0.222. The van der Waals surface area contributed by atoms with E-state index >= 15 is 0 Å². The number of nitrogens with two attached hydrogens (primary N) is 1. The fourth-order valence-electron chi connectivity index (χ4n) is 0.984. The normalized spacial score (nSPS) is 11.1. The molecule has 88 valence electrons. The van der Waals surface area contributed by atoms with E-state index in [1.54, 1.807) is 4.72 Å². The highest BCUT2D eigenvalue weighted by atomic mass is 32.2. The summed E-state index contributed by atoms with van der Waals surface area (Å²) in [4.78, 5) is 11.4. The van der Waals surface area contributed by atoms with Crippen molar-refractivity contribution in [1.82, 2.24) is 4.72 Å². The summed E-state index contributed by atoms with van der Waals surface area (Å²) >= 11 is 0. The minimum atomic E-state index is -3.69. The molecule has 0 radical (unpaired) electrons. The number of carbonyl (C=O) groups is 1. The quantitative estimate of drug-likeness (QED) is 0.759. The third-order valence-electron chi connectivity index (χ3n) is 1.87. The van der Waals surface area contributed by atoms with Gasteiger partial charge >= 0.3 is 0 Å². The molecule has 0 heterocycles.